The molecule has 0 atom stereocenters. The van der Waals surface area contributed by atoms with Gasteiger partial charge in [-0.15, -0.1) is 0 Å². The van der Waals surface area contributed by atoms with E-state index in [-0.39, 0.29) is 0 Å². The summed E-state index contributed by atoms with van der Waals surface area (Å²) in [5, 5.41) is 9.82. The maximum atomic E-state index is 9.82. The molecular formula is C13H20BrN3O. The van der Waals surface area contributed by atoms with E-state index in [1.54, 1.807) is 0 Å². The Hall–Kier alpha value is -0.650. The molecule has 5 heteroatoms. The zero-order chi connectivity index (χ0) is 13.2. The van der Waals surface area contributed by atoms with Crippen LogP contribution in [0, 0.1) is 0 Å². The number of halogens is 1. The molecular weight excluding hydrogens is 294 g/mol. The summed E-state index contributed by atoms with van der Waals surface area (Å²) < 4.78 is 0.874. The fourth-order valence-corrected chi connectivity index (χ4v) is 2.59. The Morgan fingerprint density at radius 3 is 2.50 bits per heavy atom. The zero-order valence-corrected chi connectivity index (χ0v) is 12.5. The van der Waals surface area contributed by atoms with Crippen molar-refractivity contribution in [2.45, 2.75) is 19.4 Å². The largest absolute Gasteiger partial charge is 0.389 e. The van der Waals surface area contributed by atoms with Crippen molar-refractivity contribution in [3.8, 4) is 0 Å². The van der Waals surface area contributed by atoms with Gasteiger partial charge in [0.1, 0.15) is 10.4 Å². The summed E-state index contributed by atoms with van der Waals surface area (Å²) in [6, 6.07) is 5.99. The molecule has 100 valence electrons. The monoisotopic (exact) mass is 313 g/mol. The summed E-state index contributed by atoms with van der Waals surface area (Å²) >= 11 is 3.40. The van der Waals surface area contributed by atoms with Crippen LogP contribution in [0.4, 0.5) is 5.82 Å². The van der Waals surface area contributed by atoms with E-state index in [0.717, 1.165) is 43.1 Å². The lowest BCUT2D eigenvalue weighted by Crippen LogP contribution is -2.50. The lowest BCUT2D eigenvalue weighted by Gasteiger charge is -2.37. The van der Waals surface area contributed by atoms with Crippen molar-refractivity contribution in [2.24, 2.45) is 0 Å². The second-order valence-electron chi connectivity index (χ2n) is 5.39. The molecule has 0 bridgehead atoms. The van der Waals surface area contributed by atoms with Crippen LogP contribution in [0.1, 0.15) is 13.8 Å². The van der Waals surface area contributed by atoms with Gasteiger partial charge in [-0.3, -0.25) is 4.90 Å². The quantitative estimate of drug-likeness (QED) is 0.863. The summed E-state index contributed by atoms with van der Waals surface area (Å²) in [4.78, 5) is 9.05. The Bertz CT molecular complexity index is 397. The van der Waals surface area contributed by atoms with Gasteiger partial charge in [-0.05, 0) is 41.9 Å². The maximum Gasteiger partial charge on any atom is 0.129 e. The molecule has 0 spiro atoms. The average Bonchev–Trinajstić information content (AvgIpc) is 2.28. The molecule has 0 amide bonds. The van der Waals surface area contributed by atoms with Crippen molar-refractivity contribution >= 4 is 21.7 Å². The van der Waals surface area contributed by atoms with Gasteiger partial charge in [-0.2, -0.15) is 0 Å². The smallest absolute Gasteiger partial charge is 0.129 e. The predicted molar refractivity (Wildman–Crippen MR) is 76.9 cm³/mol. The summed E-state index contributed by atoms with van der Waals surface area (Å²) in [7, 11) is 0. The molecule has 0 aromatic carbocycles. The third-order valence-corrected chi connectivity index (χ3v) is 3.45. The highest BCUT2D eigenvalue weighted by Crippen LogP contribution is 2.17. The van der Waals surface area contributed by atoms with Gasteiger partial charge in [-0.25, -0.2) is 4.98 Å². The van der Waals surface area contributed by atoms with Crippen LogP contribution < -0.4 is 4.90 Å². The molecule has 4 nitrogen and oxygen atoms in total. The van der Waals surface area contributed by atoms with Crippen LogP contribution in [0.2, 0.25) is 0 Å². The number of aliphatic hydroxyl groups is 1. The number of hydrogen-bond acceptors (Lipinski definition) is 4. The second-order valence-corrected chi connectivity index (χ2v) is 6.21. The van der Waals surface area contributed by atoms with Crippen LogP contribution in [-0.2, 0) is 0 Å². The van der Waals surface area contributed by atoms with Gasteiger partial charge in [0.15, 0.2) is 0 Å². The first-order valence-corrected chi connectivity index (χ1v) is 7.06. The predicted octanol–water partition coefficient (Wildman–Crippen LogP) is 1.74. The summed E-state index contributed by atoms with van der Waals surface area (Å²) in [6.07, 6.45) is 0. The van der Waals surface area contributed by atoms with E-state index in [1.165, 1.54) is 0 Å². The number of anilines is 1. The van der Waals surface area contributed by atoms with E-state index in [1.807, 2.05) is 32.0 Å². The molecule has 18 heavy (non-hydrogen) atoms. The molecule has 1 aromatic rings. The van der Waals surface area contributed by atoms with Gasteiger partial charge in [0, 0.05) is 32.7 Å². The van der Waals surface area contributed by atoms with Gasteiger partial charge in [-0.1, -0.05) is 6.07 Å². The Kier molecular flexibility index (Phi) is 4.25. The topological polar surface area (TPSA) is 39.6 Å². The Morgan fingerprint density at radius 1 is 1.28 bits per heavy atom. The SMILES string of the molecule is CC(C)(O)CN1CCN(c2cccc(Br)n2)CC1. The number of β-amino-alcohol motifs (C(OH)–C–C–N with tert-alkyl or cyclic N) is 1. The number of hydrogen-bond donors (Lipinski definition) is 1. The first-order valence-electron chi connectivity index (χ1n) is 6.26. The fourth-order valence-electron chi connectivity index (χ4n) is 2.26. The Balaban J connectivity index is 1.91. The van der Waals surface area contributed by atoms with Crippen LogP contribution in [-0.4, -0.2) is 53.3 Å². The third kappa shape index (κ3) is 3.93. The molecule has 1 aliphatic rings. The van der Waals surface area contributed by atoms with E-state index < -0.39 is 5.60 Å². The highest BCUT2D eigenvalue weighted by atomic mass is 79.9. The molecule has 0 unspecified atom stereocenters. The molecule has 2 heterocycles. The summed E-state index contributed by atoms with van der Waals surface area (Å²) in [6.45, 7) is 8.30. The molecule has 1 N–H and O–H groups in total. The van der Waals surface area contributed by atoms with E-state index >= 15 is 0 Å². The number of piperazine rings is 1. The van der Waals surface area contributed by atoms with Crippen LogP contribution >= 0.6 is 15.9 Å². The minimum Gasteiger partial charge on any atom is -0.389 e. The molecule has 1 aliphatic heterocycles. The molecule has 0 saturated carbocycles. The highest BCUT2D eigenvalue weighted by molar-refractivity contribution is 9.10. The molecule has 1 fully saturated rings. The van der Waals surface area contributed by atoms with Crippen molar-refractivity contribution in [2.75, 3.05) is 37.6 Å². The minimum absolute atomic E-state index is 0.615. The first-order chi connectivity index (χ1) is 8.44. The number of aromatic nitrogens is 1. The molecule has 1 aromatic heterocycles. The second kappa shape index (κ2) is 5.55. The lowest BCUT2D eigenvalue weighted by atomic mass is 10.1. The number of pyridine rings is 1. The summed E-state index contributed by atoms with van der Waals surface area (Å²) in [5.41, 5.74) is -0.615. The van der Waals surface area contributed by atoms with Gasteiger partial charge in [0.05, 0.1) is 5.60 Å². The standard InChI is InChI=1S/C13H20BrN3O/c1-13(2,18)10-16-6-8-17(9-7-16)12-5-3-4-11(14)15-12/h3-5,18H,6-10H2,1-2H3. The van der Waals surface area contributed by atoms with Crippen molar-refractivity contribution in [3.05, 3.63) is 22.8 Å². The highest BCUT2D eigenvalue weighted by Gasteiger charge is 2.23. The van der Waals surface area contributed by atoms with Crippen LogP contribution in [0.15, 0.2) is 22.8 Å². The number of nitrogens with zero attached hydrogens (tertiary/aromatic N) is 3. The molecule has 0 aliphatic carbocycles. The molecule has 1 saturated heterocycles. The van der Waals surface area contributed by atoms with Crippen molar-refractivity contribution < 1.29 is 5.11 Å². The van der Waals surface area contributed by atoms with Crippen LogP contribution in [0.5, 0.6) is 0 Å². The Labute approximate surface area is 117 Å². The van der Waals surface area contributed by atoms with Crippen LogP contribution in [0.25, 0.3) is 0 Å². The minimum atomic E-state index is -0.615. The van der Waals surface area contributed by atoms with Gasteiger partial charge in [0.25, 0.3) is 0 Å². The third-order valence-electron chi connectivity index (χ3n) is 3.01. The van der Waals surface area contributed by atoms with Gasteiger partial charge in [0.2, 0.25) is 0 Å². The Morgan fingerprint density at radius 2 is 1.94 bits per heavy atom. The fraction of sp³-hybridized carbons (Fsp3) is 0.615. The van der Waals surface area contributed by atoms with Gasteiger partial charge < -0.3 is 10.0 Å². The van der Waals surface area contributed by atoms with Crippen molar-refractivity contribution in [1.82, 2.24) is 9.88 Å². The maximum absolute atomic E-state index is 9.82. The van der Waals surface area contributed by atoms with Gasteiger partial charge >= 0.3 is 0 Å². The zero-order valence-electron chi connectivity index (χ0n) is 10.9. The van der Waals surface area contributed by atoms with Crippen LogP contribution in [0.3, 0.4) is 0 Å². The van der Waals surface area contributed by atoms with Crippen molar-refractivity contribution in [3.63, 3.8) is 0 Å². The van der Waals surface area contributed by atoms with E-state index in [2.05, 4.69) is 30.7 Å². The molecule has 0 radical (unpaired) electrons. The van der Waals surface area contributed by atoms with E-state index in [4.69, 9.17) is 0 Å². The lowest BCUT2D eigenvalue weighted by molar-refractivity contribution is 0.0344. The molecule has 2 rings (SSSR count). The van der Waals surface area contributed by atoms with E-state index in [0.29, 0.717) is 0 Å². The normalized spacial score (nSPS) is 18.1. The van der Waals surface area contributed by atoms with E-state index in [9.17, 15) is 5.11 Å². The first kappa shape index (κ1) is 13.8. The summed E-state index contributed by atoms with van der Waals surface area (Å²) in [5.74, 6) is 1.02. The average molecular weight is 314 g/mol. The number of rotatable bonds is 3. The van der Waals surface area contributed by atoms with Crippen molar-refractivity contribution in [1.29, 1.82) is 0 Å².